The molecular weight excluding hydrogens is 429 g/mol. The largest absolute Gasteiger partial charge is 0.433 e. The molecule has 0 amide bonds. The summed E-state index contributed by atoms with van der Waals surface area (Å²) in [6.07, 6.45) is -2.78. The van der Waals surface area contributed by atoms with Gasteiger partial charge in [-0.25, -0.2) is 8.42 Å². The monoisotopic (exact) mass is 446 g/mol. The zero-order chi connectivity index (χ0) is 21.0. The average molecular weight is 447 g/mol. The van der Waals surface area contributed by atoms with Crippen molar-refractivity contribution in [3.05, 3.63) is 58.9 Å². The van der Waals surface area contributed by atoms with Gasteiger partial charge in [0.15, 0.2) is 0 Å². The quantitative estimate of drug-likeness (QED) is 0.772. The minimum Gasteiger partial charge on any atom is -0.393 e. The van der Waals surface area contributed by atoms with Gasteiger partial charge in [0.25, 0.3) is 0 Å². The number of nitrogens with zero attached hydrogens (tertiary/aromatic N) is 2. The molecule has 5 nitrogen and oxygen atoms in total. The first-order chi connectivity index (χ1) is 13.6. The summed E-state index contributed by atoms with van der Waals surface area (Å²) >= 11 is 5.86. The topological polar surface area (TPSA) is 70.5 Å². The van der Waals surface area contributed by atoms with Gasteiger partial charge < -0.3 is 5.11 Å². The highest BCUT2D eigenvalue weighted by Gasteiger charge is 2.52. The predicted octanol–water partition coefficient (Wildman–Crippen LogP) is 4.03. The molecule has 1 saturated carbocycles. The maximum atomic E-state index is 13.4. The summed E-state index contributed by atoms with van der Waals surface area (Å²) in [5.74, 6) is -0.416. The zero-order valence-electron chi connectivity index (χ0n) is 15.1. The summed E-state index contributed by atoms with van der Waals surface area (Å²) in [4.78, 5) is 3.54. The van der Waals surface area contributed by atoms with Crippen LogP contribution in [-0.4, -0.2) is 35.0 Å². The van der Waals surface area contributed by atoms with Crippen molar-refractivity contribution < 1.29 is 26.7 Å². The van der Waals surface area contributed by atoms with Crippen LogP contribution in [0.1, 0.15) is 36.6 Å². The summed E-state index contributed by atoms with van der Waals surface area (Å²) in [5, 5.41) is 10.9. The van der Waals surface area contributed by atoms with Crippen molar-refractivity contribution in [2.75, 3.05) is 0 Å². The summed E-state index contributed by atoms with van der Waals surface area (Å²) in [6, 6.07) is 6.61. The third kappa shape index (κ3) is 3.65. The number of aliphatic hydroxyl groups excluding tert-OH is 1. The van der Waals surface area contributed by atoms with Gasteiger partial charge >= 0.3 is 6.18 Å². The smallest absolute Gasteiger partial charge is 0.393 e. The van der Waals surface area contributed by atoms with Crippen molar-refractivity contribution in [3.63, 3.8) is 0 Å². The molecule has 0 radical (unpaired) electrons. The van der Waals surface area contributed by atoms with E-state index in [9.17, 15) is 26.7 Å². The van der Waals surface area contributed by atoms with E-state index in [1.807, 2.05) is 0 Å². The van der Waals surface area contributed by atoms with E-state index < -0.39 is 46.0 Å². The summed E-state index contributed by atoms with van der Waals surface area (Å²) in [7, 11) is -3.96. The molecule has 29 heavy (non-hydrogen) atoms. The highest BCUT2D eigenvalue weighted by molar-refractivity contribution is 7.89. The minimum atomic E-state index is -4.58. The van der Waals surface area contributed by atoms with E-state index in [1.165, 1.54) is 34.6 Å². The van der Waals surface area contributed by atoms with Crippen LogP contribution in [0, 0.1) is 5.92 Å². The van der Waals surface area contributed by atoms with Gasteiger partial charge in [-0.1, -0.05) is 17.7 Å². The van der Waals surface area contributed by atoms with E-state index in [1.54, 1.807) is 0 Å². The fraction of sp³-hybridized carbons (Fsp3) is 0.421. The van der Waals surface area contributed by atoms with E-state index in [-0.39, 0.29) is 4.90 Å². The molecule has 1 aliphatic carbocycles. The lowest BCUT2D eigenvalue weighted by atomic mass is 9.72. The molecule has 1 aromatic carbocycles. The Hall–Kier alpha value is -1.68. The molecule has 2 saturated heterocycles. The van der Waals surface area contributed by atoms with Crippen LogP contribution in [-0.2, 0) is 16.2 Å². The lowest BCUT2D eigenvalue weighted by molar-refractivity contribution is -0.141. The van der Waals surface area contributed by atoms with Crippen LogP contribution in [0.2, 0.25) is 5.02 Å². The Morgan fingerprint density at radius 2 is 1.79 bits per heavy atom. The Balaban J connectivity index is 1.78. The standard InChI is InChI=1S/C19H18ClF3N2O3S/c20-12-2-5-14(6-3-12)29(27,28)25-13-4-7-15(16(26)9-13)18(25)11-1-8-17(24-10-11)19(21,22)23/h1-3,5-6,8,10,13,15-16,18,26H,4,7,9H2/t13-,15+,16-,18+/m0/s1. The third-order valence-electron chi connectivity index (χ3n) is 5.69. The molecule has 2 aliphatic heterocycles. The molecular formula is C19H18ClF3N2O3S. The number of alkyl halides is 3. The van der Waals surface area contributed by atoms with E-state index in [0.29, 0.717) is 29.8 Å². The number of benzene rings is 1. The molecule has 2 bridgehead atoms. The Labute approximate surface area is 171 Å². The van der Waals surface area contributed by atoms with Crippen molar-refractivity contribution in [2.45, 2.75) is 48.5 Å². The second-order valence-corrected chi connectivity index (χ2v) is 9.69. The molecule has 2 aromatic rings. The van der Waals surface area contributed by atoms with Gasteiger partial charge in [-0.05, 0) is 55.2 Å². The van der Waals surface area contributed by atoms with Crippen LogP contribution < -0.4 is 0 Å². The molecule has 0 unspecified atom stereocenters. The van der Waals surface area contributed by atoms with Gasteiger partial charge in [0.2, 0.25) is 10.0 Å². The van der Waals surface area contributed by atoms with Gasteiger partial charge in [0.05, 0.1) is 17.0 Å². The second kappa shape index (κ2) is 7.23. The number of pyridine rings is 1. The van der Waals surface area contributed by atoms with E-state index in [0.717, 1.165) is 12.3 Å². The van der Waals surface area contributed by atoms with Crippen molar-refractivity contribution >= 4 is 21.6 Å². The van der Waals surface area contributed by atoms with Gasteiger partial charge in [-0.15, -0.1) is 0 Å². The number of sulfonamides is 1. The molecule has 1 aromatic heterocycles. The number of rotatable bonds is 3. The van der Waals surface area contributed by atoms with Gasteiger partial charge in [-0.3, -0.25) is 4.98 Å². The van der Waals surface area contributed by atoms with Crippen LogP contribution in [0.5, 0.6) is 0 Å². The van der Waals surface area contributed by atoms with E-state index in [4.69, 9.17) is 11.6 Å². The highest BCUT2D eigenvalue weighted by atomic mass is 35.5. The van der Waals surface area contributed by atoms with Crippen LogP contribution >= 0.6 is 11.6 Å². The molecule has 3 aliphatic rings. The number of piperidine rings is 2. The van der Waals surface area contributed by atoms with Crippen molar-refractivity contribution in [3.8, 4) is 0 Å². The number of aromatic nitrogens is 1. The van der Waals surface area contributed by atoms with Crippen molar-refractivity contribution in [1.29, 1.82) is 0 Å². The van der Waals surface area contributed by atoms with Crippen LogP contribution in [0.25, 0.3) is 0 Å². The molecule has 3 heterocycles. The Kier molecular flexibility index (Phi) is 5.13. The summed E-state index contributed by atoms with van der Waals surface area (Å²) in [6.45, 7) is 0. The van der Waals surface area contributed by atoms with E-state index in [2.05, 4.69) is 4.98 Å². The lowest BCUT2D eigenvalue weighted by Gasteiger charge is -2.52. The average Bonchev–Trinajstić information content (AvgIpc) is 2.67. The van der Waals surface area contributed by atoms with Gasteiger partial charge in [-0.2, -0.15) is 17.5 Å². The SMILES string of the molecule is O=S(=O)(c1ccc(Cl)cc1)N1[C@H]2CC[C@@H]([C@H]1c1ccc(C(F)(F)F)nc1)[C@@H](O)C2. The van der Waals surface area contributed by atoms with Crippen molar-refractivity contribution in [2.24, 2.45) is 5.92 Å². The summed E-state index contributed by atoms with van der Waals surface area (Å²) < 4.78 is 66.8. The molecule has 3 fully saturated rings. The Morgan fingerprint density at radius 3 is 2.34 bits per heavy atom. The first-order valence-corrected chi connectivity index (χ1v) is 10.9. The normalized spacial score (nSPS) is 27.9. The highest BCUT2D eigenvalue weighted by Crippen LogP contribution is 2.50. The van der Waals surface area contributed by atoms with Crippen LogP contribution in [0.15, 0.2) is 47.5 Å². The van der Waals surface area contributed by atoms with E-state index >= 15 is 0 Å². The number of aliphatic hydroxyl groups is 1. The second-order valence-electron chi connectivity index (χ2n) is 7.41. The van der Waals surface area contributed by atoms with Crippen LogP contribution in [0.4, 0.5) is 13.2 Å². The molecule has 5 rings (SSSR count). The fourth-order valence-corrected chi connectivity index (χ4v) is 6.39. The number of fused-ring (bicyclic) bond motifs is 3. The first-order valence-electron chi connectivity index (χ1n) is 9.09. The number of hydrogen-bond acceptors (Lipinski definition) is 4. The van der Waals surface area contributed by atoms with Crippen LogP contribution in [0.3, 0.4) is 0 Å². The minimum absolute atomic E-state index is 0.0498. The maximum absolute atomic E-state index is 13.4. The molecule has 0 spiro atoms. The zero-order valence-corrected chi connectivity index (χ0v) is 16.6. The maximum Gasteiger partial charge on any atom is 0.433 e. The Bertz CT molecular complexity index is 997. The number of halogens is 4. The number of hydrogen-bond donors (Lipinski definition) is 1. The van der Waals surface area contributed by atoms with Gasteiger partial charge in [0, 0.05) is 23.2 Å². The Morgan fingerprint density at radius 1 is 1.10 bits per heavy atom. The molecule has 1 N–H and O–H groups in total. The molecule has 4 atom stereocenters. The predicted molar refractivity (Wildman–Crippen MR) is 99.6 cm³/mol. The molecule has 10 heteroatoms. The van der Waals surface area contributed by atoms with Gasteiger partial charge in [0.1, 0.15) is 5.69 Å². The van der Waals surface area contributed by atoms with Crippen molar-refractivity contribution in [1.82, 2.24) is 9.29 Å². The lowest BCUT2D eigenvalue weighted by Crippen LogP contribution is -2.57. The fourth-order valence-electron chi connectivity index (χ4n) is 4.38. The third-order valence-corrected chi connectivity index (χ3v) is 7.89. The first kappa shape index (κ1) is 20.6. The summed E-state index contributed by atoms with van der Waals surface area (Å²) in [5.41, 5.74) is -0.709. The molecule has 156 valence electrons.